The first-order valence-corrected chi connectivity index (χ1v) is 6.76. The highest BCUT2D eigenvalue weighted by Gasteiger charge is 2.15. The summed E-state index contributed by atoms with van der Waals surface area (Å²) in [5.74, 6) is 1.85. The van der Waals surface area contributed by atoms with Gasteiger partial charge in [0, 0.05) is 32.3 Å². The number of rotatable bonds is 6. The van der Waals surface area contributed by atoms with Crippen LogP contribution in [0.4, 0.5) is 11.6 Å². The average Bonchev–Trinajstić information content (AvgIpc) is 2.92. The molecule has 0 bridgehead atoms. The molecule has 0 amide bonds. The number of hydrogen-bond donors (Lipinski definition) is 1. The van der Waals surface area contributed by atoms with Gasteiger partial charge >= 0.3 is 0 Å². The standard InChI is InChI=1S/C13H22N4O/c1-3-17(4-2)13-8-12(15-10-16-13)14-9-11-6-5-7-18-11/h8,10-11H,3-7,9H2,1-2H3,(H,14,15,16). The van der Waals surface area contributed by atoms with Crippen molar-refractivity contribution in [1.29, 1.82) is 0 Å². The predicted molar refractivity (Wildman–Crippen MR) is 73.1 cm³/mol. The zero-order chi connectivity index (χ0) is 12.8. The molecule has 1 atom stereocenters. The van der Waals surface area contributed by atoms with Gasteiger partial charge in [-0.2, -0.15) is 0 Å². The Bertz CT molecular complexity index is 362. The van der Waals surface area contributed by atoms with Crippen molar-refractivity contribution in [2.45, 2.75) is 32.8 Å². The Labute approximate surface area is 109 Å². The van der Waals surface area contributed by atoms with Crippen LogP contribution < -0.4 is 10.2 Å². The van der Waals surface area contributed by atoms with Crippen LogP contribution in [0.15, 0.2) is 12.4 Å². The molecule has 5 heteroatoms. The highest BCUT2D eigenvalue weighted by Crippen LogP contribution is 2.16. The minimum absolute atomic E-state index is 0.330. The summed E-state index contributed by atoms with van der Waals surface area (Å²) in [6.07, 6.45) is 4.25. The molecule has 1 aromatic heterocycles. The molecule has 1 aromatic rings. The molecule has 1 saturated heterocycles. The van der Waals surface area contributed by atoms with E-state index in [-0.39, 0.29) is 0 Å². The fraction of sp³-hybridized carbons (Fsp3) is 0.692. The van der Waals surface area contributed by atoms with Gasteiger partial charge in [-0.3, -0.25) is 0 Å². The molecule has 1 unspecified atom stereocenters. The van der Waals surface area contributed by atoms with E-state index in [0.29, 0.717) is 6.10 Å². The Morgan fingerprint density at radius 1 is 1.39 bits per heavy atom. The maximum absolute atomic E-state index is 5.58. The molecule has 0 radical (unpaired) electrons. The van der Waals surface area contributed by atoms with Gasteiger partial charge in [0.05, 0.1) is 6.10 Å². The van der Waals surface area contributed by atoms with Crippen LogP contribution in [0.1, 0.15) is 26.7 Å². The van der Waals surface area contributed by atoms with Crippen LogP contribution in [0.25, 0.3) is 0 Å². The van der Waals surface area contributed by atoms with Gasteiger partial charge < -0.3 is 15.0 Å². The van der Waals surface area contributed by atoms with Gasteiger partial charge in [0.2, 0.25) is 0 Å². The van der Waals surface area contributed by atoms with E-state index in [4.69, 9.17) is 4.74 Å². The smallest absolute Gasteiger partial charge is 0.134 e. The lowest BCUT2D eigenvalue weighted by molar-refractivity contribution is 0.120. The molecular weight excluding hydrogens is 228 g/mol. The summed E-state index contributed by atoms with van der Waals surface area (Å²) in [6.45, 7) is 7.89. The van der Waals surface area contributed by atoms with Gasteiger partial charge in [0.1, 0.15) is 18.0 Å². The minimum Gasteiger partial charge on any atom is -0.376 e. The van der Waals surface area contributed by atoms with E-state index in [1.54, 1.807) is 6.33 Å². The Hall–Kier alpha value is -1.36. The second-order valence-corrected chi connectivity index (χ2v) is 4.45. The molecule has 2 heterocycles. The topological polar surface area (TPSA) is 50.3 Å². The summed E-state index contributed by atoms with van der Waals surface area (Å²) in [5.41, 5.74) is 0. The molecule has 0 spiro atoms. The van der Waals surface area contributed by atoms with Gasteiger partial charge in [-0.25, -0.2) is 9.97 Å². The van der Waals surface area contributed by atoms with E-state index in [0.717, 1.165) is 44.3 Å². The number of aromatic nitrogens is 2. The molecule has 0 saturated carbocycles. The molecule has 1 aliphatic heterocycles. The monoisotopic (exact) mass is 250 g/mol. The van der Waals surface area contributed by atoms with Crippen LogP contribution in [-0.4, -0.2) is 42.3 Å². The zero-order valence-electron chi connectivity index (χ0n) is 11.2. The van der Waals surface area contributed by atoms with Crippen LogP contribution in [0.2, 0.25) is 0 Å². The summed E-state index contributed by atoms with van der Waals surface area (Å²) in [5, 5.41) is 3.33. The number of hydrogen-bond acceptors (Lipinski definition) is 5. The van der Waals surface area contributed by atoms with Gasteiger partial charge in [-0.1, -0.05) is 0 Å². The summed E-state index contributed by atoms with van der Waals surface area (Å²) < 4.78 is 5.58. The number of anilines is 2. The fourth-order valence-corrected chi connectivity index (χ4v) is 2.19. The number of ether oxygens (including phenoxy) is 1. The van der Waals surface area contributed by atoms with Crippen LogP contribution >= 0.6 is 0 Å². The Morgan fingerprint density at radius 2 is 2.22 bits per heavy atom. The molecule has 0 aliphatic carbocycles. The summed E-state index contributed by atoms with van der Waals surface area (Å²) in [6, 6.07) is 2.00. The molecule has 5 nitrogen and oxygen atoms in total. The van der Waals surface area contributed by atoms with Crippen LogP contribution in [0.5, 0.6) is 0 Å². The maximum atomic E-state index is 5.58. The SMILES string of the molecule is CCN(CC)c1cc(NCC2CCCO2)ncn1. The lowest BCUT2D eigenvalue weighted by Gasteiger charge is -2.20. The molecular formula is C13H22N4O. The molecule has 18 heavy (non-hydrogen) atoms. The Morgan fingerprint density at radius 3 is 2.89 bits per heavy atom. The zero-order valence-corrected chi connectivity index (χ0v) is 11.2. The first-order chi connectivity index (χ1) is 8.83. The number of nitrogens with zero attached hydrogens (tertiary/aromatic N) is 3. The van der Waals surface area contributed by atoms with Crippen LogP contribution in [0.3, 0.4) is 0 Å². The molecule has 0 aromatic carbocycles. The van der Waals surface area contributed by atoms with E-state index in [9.17, 15) is 0 Å². The Balaban J connectivity index is 1.93. The molecule has 1 N–H and O–H groups in total. The lowest BCUT2D eigenvalue weighted by Crippen LogP contribution is -2.24. The summed E-state index contributed by atoms with van der Waals surface area (Å²) in [4.78, 5) is 10.8. The summed E-state index contributed by atoms with van der Waals surface area (Å²) >= 11 is 0. The number of nitrogens with one attached hydrogen (secondary N) is 1. The van der Waals surface area contributed by atoms with Gasteiger partial charge in [0.25, 0.3) is 0 Å². The van der Waals surface area contributed by atoms with Crippen LogP contribution in [-0.2, 0) is 4.74 Å². The van der Waals surface area contributed by atoms with Gasteiger partial charge in [-0.15, -0.1) is 0 Å². The maximum Gasteiger partial charge on any atom is 0.134 e. The lowest BCUT2D eigenvalue weighted by atomic mass is 10.2. The third-order valence-electron chi connectivity index (χ3n) is 3.27. The van der Waals surface area contributed by atoms with Gasteiger partial charge in [-0.05, 0) is 26.7 Å². The first-order valence-electron chi connectivity index (χ1n) is 6.76. The average molecular weight is 250 g/mol. The van der Waals surface area contributed by atoms with Crippen molar-refractivity contribution in [2.24, 2.45) is 0 Å². The van der Waals surface area contributed by atoms with Crippen molar-refractivity contribution < 1.29 is 4.74 Å². The quantitative estimate of drug-likeness (QED) is 0.836. The van der Waals surface area contributed by atoms with E-state index >= 15 is 0 Å². The van der Waals surface area contributed by atoms with Gasteiger partial charge in [0.15, 0.2) is 0 Å². The highest BCUT2D eigenvalue weighted by molar-refractivity contribution is 5.48. The van der Waals surface area contributed by atoms with Crippen molar-refractivity contribution in [3.8, 4) is 0 Å². The van der Waals surface area contributed by atoms with E-state index in [2.05, 4.69) is 34.0 Å². The largest absolute Gasteiger partial charge is 0.376 e. The van der Waals surface area contributed by atoms with Crippen molar-refractivity contribution in [3.05, 3.63) is 12.4 Å². The second kappa shape index (κ2) is 6.54. The van der Waals surface area contributed by atoms with E-state index < -0.39 is 0 Å². The normalized spacial score (nSPS) is 18.9. The van der Waals surface area contributed by atoms with Crippen molar-refractivity contribution in [1.82, 2.24) is 9.97 Å². The first kappa shape index (κ1) is 13.1. The third kappa shape index (κ3) is 3.32. The van der Waals surface area contributed by atoms with Crippen LogP contribution in [0, 0.1) is 0 Å². The third-order valence-corrected chi connectivity index (χ3v) is 3.27. The molecule has 1 fully saturated rings. The minimum atomic E-state index is 0.330. The predicted octanol–water partition coefficient (Wildman–Crippen LogP) is 1.91. The van der Waals surface area contributed by atoms with E-state index in [1.807, 2.05) is 6.07 Å². The molecule has 2 rings (SSSR count). The summed E-state index contributed by atoms with van der Waals surface area (Å²) in [7, 11) is 0. The van der Waals surface area contributed by atoms with Crippen molar-refractivity contribution >= 4 is 11.6 Å². The highest BCUT2D eigenvalue weighted by atomic mass is 16.5. The second-order valence-electron chi connectivity index (χ2n) is 4.45. The Kier molecular flexibility index (Phi) is 4.75. The fourth-order valence-electron chi connectivity index (χ4n) is 2.19. The van der Waals surface area contributed by atoms with Crippen molar-refractivity contribution in [2.75, 3.05) is 36.5 Å². The van der Waals surface area contributed by atoms with Crippen molar-refractivity contribution in [3.63, 3.8) is 0 Å². The molecule has 1 aliphatic rings. The van der Waals surface area contributed by atoms with E-state index in [1.165, 1.54) is 6.42 Å². The molecule has 100 valence electrons.